The molecule has 0 atom stereocenters. The van der Waals surface area contributed by atoms with E-state index in [-0.39, 0.29) is 34.0 Å². The van der Waals surface area contributed by atoms with Crippen LogP contribution in [0, 0.1) is 0 Å². The minimum absolute atomic E-state index is 0.0239. The van der Waals surface area contributed by atoms with E-state index in [4.69, 9.17) is 24.1 Å². The third-order valence-corrected chi connectivity index (χ3v) is 1.10. The largest absolute Gasteiger partial charge is 0.439 e. The Hall–Kier alpha value is -0.770. The van der Waals surface area contributed by atoms with Crippen LogP contribution in [0.15, 0.2) is 0 Å². The molecule has 0 aliphatic heterocycles. The lowest BCUT2D eigenvalue weighted by Gasteiger charge is -2.07. The van der Waals surface area contributed by atoms with Gasteiger partial charge < -0.3 is 33.5 Å². The standard InChI is InChI=1S/C8H16O8/c1-8(10)16-7-15-6-14-5-13-4-12-3-11-2-9/h9H,2-7H2,1H3. The number of carbonyl (C=O) groups excluding carboxylic acids is 1. The Kier molecular flexibility index (Phi) is 11.7. The lowest BCUT2D eigenvalue weighted by Crippen LogP contribution is -2.11. The molecular formula is C8H16O8. The van der Waals surface area contributed by atoms with E-state index in [1.807, 2.05) is 0 Å². The summed E-state index contributed by atoms with van der Waals surface area (Å²) in [6, 6.07) is 0. The van der Waals surface area contributed by atoms with Crippen molar-refractivity contribution in [2.24, 2.45) is 0 Å². The second-order valence-corrected chi connectivity index (χ2v) is 2.37. The van der Waals surface area contributed by atoms with Gasteiger partial charge in [0.2, 0.25) is 0 Å². The Morgan fingerprint density at radius 1 is 0.875 bits per heavy atom. The van der Waals surface area contributed by atoms with E-state index < -0.39 is 12.8 Å². The van der Waals surface area contributed by atoms with Crippen LogP contribution in [0.5, 0.6) is 0 Å². The van der Waals surface area contributed by atoms with Crippen LogP contribution < -0.4 is 0 Å². The summed E-state index contributed by atoms with van der Waals surface area (Å²) >= 11 is 0. The van der Waals surface area contributed by atoms with Crippen LogP contribution in [0.3, 0.4) is 0 Å². The molecule has 96 valence electrons. The molecule has 0 saturated heterocycles. The predicted molar refractivity (Wildman–Crippen MR) is 48.6 cm³/mol. The quantitative estimate of drug-likeness (QED) is 0.290. The fourth-order valence-electron chi connectivity index (χ4n) is 0.534. The molecule has 0 aromatic carbocycles. The lowest BCUT2D eigenvalue weighted by molar-refractivity contribution is -0.211. The van der Waals surface area contributed by atoms with E-state index in [1.54, 1.807) is 0 Å². The first-order valence-electron chi connectivity index (χ1n) is 4.40. The molecule has 0 aromatic heterocycles. The van der Waals surface area contributed by atoms with E-state index in [1.165, 1.54) is 6.92 Å². The van der Waals surface area contributed by atoms with Crippen LogP contribution >= 0.6 is 0 Å². The number of aliphatic hydroxyl groups is 1. The number of rotatable bonds is 11. The van der Waals surface area contributed by atoms with Crippen molar-refractivity contribution in [1.82, 2.24) is 0 Å². The highest BCUT2D eigenvalue weighted by Crippen LogP contribution is 1.84. The fraction of sp³-hybridized carbons (Fsp3) is 0.875. The first-order chi connectivity index (χ1) is 7.77. The molecule has 16 heavy (non-hydrogen) atoms. The Morgan fingerprint density at radius 2 is 1.31 bits per heavy atom. The molecule has 0 heterocycles. The van der Waals surface area contributed by atoms with Crippen molar-refractivity contribution in [3.05, 3.63) is 0 Å². The number of hydrogen-bond acceptors (Lipinski definition) is 8. The van der Waals surface area contributed by atoms with Crippen molar-refractivity contribution in [3.63, 3.8) is 0 Å². The summed E-state index contributed by atoms with van der Waals surface area (Å²) in [5.74, 6) is -0.423. The molecule has 8 heteroatoms. The summed E-state index contributed by atoms with van der Waals surface area (Å²) in [6.07, 6.45) is 0. The van der Waals surface area contributed by atoms with Gasteiger partial charge in [-0.1, -0.05) is 0 Å². The highest BCUT2D eigenvalue weighted by Gasteiger charge is 1.92. The highest BCUT2D eigenvalue weighted by atomic mass is 16.8. The fourth-order valence-corrected chi connectivity index (χ4v) is 0.534. The average molecular weight is 240 g/mol. The smallest absolute Gasteiger partial charge is 0.304 e. The maximum Gasteiger partial charge on any atom is 0.304 e. The Labute approximate surface area is 92.9 Å². The topological polar surface area (TPSA) is 92.7 Å². The van der Waals surface area contributed by atoms with Crippen LogP contribution in [-0.2, 0) is 33.2 Å². The molecule has 0 aliphatic carbocycles. The van der Waals surface area contributed by atoms with Crippen molar-refractivity contribution >= 4 is 5.97 Å². The molecule has 0 aliphatic rings. The summed E-state index contributed by atoms with van der Waals surface area (Å²) in [4.78, 5) is 10.3. The SMILES string of the molecule is CC(=O)OCOCOCOCOCOCO. The Morgan fingerprint density at radius 3 is 1.75 bits per heavy atom. The van der Waals surface area contributed by atoms with Gasteiger partial charge in [0.25, 0.3) is 0 Å². The van der Waals surface area contributed by atoms with Crippen molar-refractivity contribution in [2.75, 3.05) is 40.8 Å². The van der Waals surface area contributed by atoms with Crippen LogP contribution in [0.2, 0.25) is 0 Å². The van der Waals surface area contributed by atoms with Crippen molar-refractivity contribution < 1.29 is 38.3 Å². The third-order valence-electron chi connectivity index (χ3n) is 1.10. The normalized spacial score (nSPS) is 10.4. The van der Waals surface area contributed by atoms with Gasteiger partial charge in [-0.2, -0.15) is 0 Å². The zero-order chi connectivity index (χ0) is 12.1. The van der Waals surface area contributed by atoms with Gasteiger partial charge in [0, 0.05) is 6.92 Å². The molecule has 0 spiro atoms. The van der Waals surface area contributed by atoms with Gasteiger partial charge >= 0.3 is 5.97 Å². The molecule has 0 amide bonds. The van der Waals surface area contributed by atoms with Gasteiger partial charge in [-0.15, -0.1) is 0 Å². The number of hydrogen-bond donors (Lipinski definition) is 1. The van der Waals surface area contributed by atoms with E-state index >= 15 is 0 Å². The van der Waals surface area contributed by atoms with Crippen molar-refractivity contribution in [1.29, 1.82) is 0 Å². The van der Waals surface area contributed by atoms with Crippen molar-refractivity contribution in [2.45, 2.75) is 6.92 Å². The van der Waals surface area contributed by atoms with Gasteiger partial charge in [0.15, 0.2) is 34.0 Å². The molecule has 0 fully saturated rings. The van der Waals surface area contributed by atoms with Crippen LogP contribution in [0.25, 0.3) is 0 Å². The van der Waals surface area contributed by atoms with Gasteiger partial charge in [0.1, 0.15) is 6.79 Å². The predicted octanol–water partition coefficient (Wildman–Crippen LogP) is -0.630. The van der Waals surface area contributed by atoms with Gasteiger partial charge in [-0.25, -0.2) is 0 Å². The monoisotopic (exact) mass is 240 g/mol. The maximum absolute atomic E-state index is 10.3. The first kappa shape index (κ1) is 15.2. The summed E-state index contributed by atoms with van der Waals surface area (Å²) in [5.41, 5.74) is 0. The first-order valence-corrected chi connectivity index (χ1v) is 4.40. The molecule has 1 N–H and O–H groups in total. The van der Waals surface area contributed by atoms with E-state index in [2.05, 4.69) is 9.47 Å². The van der Waals surface area contributed by atoms with Crippen LogP contribution in [0.4, 0.5) is 0 Å². The summed E-state index contributed by atoms with van der Waals surface area (Å²) in [5, 5.41) is 8.21. The van der Waals surface area contributed by atoms with Crippen LogP contribution in [-0.4, -0.2) is 51.8 Å². The number of esters is 1. The van der Waals surface area contributed by atoms with E-state index in [0.29, 0.717) is 0 Å². The minimum atomic E-state index is -0.423. The summed E-state index contributed by atoms with van der Waals surface area (Å²) in [6.45, 7) is 0.554. The highest BCUT2D eigenvalue weighted by molar-refractivity contribution is 5.65. The molecule has 0 bridgehead atoms. The number of carbonyl (C=O) groups is 1. The molecule has 0 rings (SSSR count). The Bertz CT molecular complexity index is 162. The molecule has 0 saturated carbocycles. The molecule has 0 unspecified atom stereocenters. The molecule has 0 radical (unpaired) electrons. The zero-order valence-electron chi connectivity index (χ0n) is 9.05. The maximum atomic E-state index is 10.3. The summed E-state index contributed by atoms with van der Waals surface area (Å²) < 4.78 is 28.0. The number of aliphatic hydroxyl groups excluding tert-OH is 1. The summed E-state index contributed by atoms with van der Waals surface area (Å²) in [7, 11) is 0. The van der Waals surface area contributed by atoms with Gasteiger partial charge in [-0.05, 0) is 0 Å². The van der Waals surface area contributed by atoms with Gasteiger partial charge in [-0.3, -0.25) is 4.79 Å². The molecule has 0 aromatic rings. The van der Waals surface area contributed by atoms with Crippen LogP contribution in [0.1, 0.15) is 6.92 Å². The lowest BCUT2D eigenvalue weighted by atomic mass is 10.8. The molecular weight excluding hydrogens is 224 g/mol. The third kappa shape index (κ3) is 13.2. The van der Waals surface area contributed by atoms with E-state index in [9.17, 15) is 4.79 Å². The Balaban J connectivity index is 2.90. The van der Waals surface area contributed by atoms with E-state index in [0.717, 1.165) is 0 Å². The second-order valence-electron chi connectivity index (χ2n) is 2.37. The van der Waals surface area contributed by atoms with Crippen molar-refractivity contribution in [3.8, 4) is 0 Å². The zero-order valence-corrected chi connectivity index (χ0v) is 9.05. The van der Waals surface area contributed by atoms with Gasteiger partial charge in [0.05, 0.1) is 0 Å². The molecule has 8 nitrogen and oxygen atoms in total. The number of ether oxygens (including phenoxy) is 6. The minimum Gasteiger partial charge on any atom is -0.439 e. The average Bonchev–Trinajstić information content (AvgIpc) is 2.25. The second kappa shape index (κ2) is 12.3.